The molecular weight excluding hydrogens is 194 g/mol. The lowest BCUT2D eigenvalue weighted by Gasteiger charge is -2.01. The van der Waals surface area contributed by atoms with Gasteiger partial charge in [-0.2, -0.15) is 0 Å². The molecule has 2 rings (SSSR count). The SMILES string of the molecule is Cc1cn(CCc2cccs2)c(N)n1. The van der Waals surface area contributed by atoms with E-state index in [0.29, 0.717) is 5.95 Å². The van der Waals surface area contributed by atoms with Gasteiger partial charge >= 0.3 is 0 Å². The summed E-state index contributed by atoms with van der Waals surface area (Å²) in [6.45, 7) is 2.87. The van der Waals surface area contributed by atoms with E-state index < -0.39 is 0 Å². The standard InChI is InChI=1S/C10H13N3S/c1-8-7-13(10(11)12-8)5-4-9-3-2-6-14-9/h2-3,6-7H,4-5H2,1H3,(H2,11,12). The van der Waals surface area contributed by atoms with E-state index in [0.717, 1.165) is 18.7 Å². The molecule has 2 N–H and O–H groups in total. The van der Waals surface area contributed by atoms with E-state index in [9.17, 15) is 0 Å². The lowest BCUT2D eigenvalue weighted by atomic mass is 10.3. The molecule has 2 aromatic heterocycles. The minimum atomic E-state index is 0.610. The molecule has 0 aromatic carbocycles. The van der Waals surface area contributed by atoms with Crippen molar-refractivity contribution in [2.75, 3.05) is 5.73 Å². The van der Waals surface area contributed by atoms with E-state index >= 15 is 0 Å². The number of nitrogens with two attached hydrogens (primary N) is 1. The molecule has 74 valence electrons. The molecule has 0 fully saturated rings. The van der Waals surface area contributed by atoms with E-state index in [1.807, 2.05) is 17.7 Å². The molecule has 0 aliphatic rings. The molecule has 0 spiro atoms. The van der Waals surface area contributed by atoms with Gasteiger partial charge in [-0.05, 0) is 24.8 Å². The Balaban J connectivity index is 2.01. The van der Waals surface area contributed by atoms with Crippen molar-refractivity contribution in [3.05, 3.63) is 34.3 Å². The molecule has 2 heterocycles. The number of hydrogen-bond acceptors (Lipinski definition) is 3. The van der Waals surface area contributed by atoms with E-state index in [1.165, 1.54) is 4.88 Å². The van der Waals surface area contributed by atoms with Crippen molar-refractivity contribution in [3.63, 3.8) is 0 Å². The maximum Gasteiger partial charge on any atom is 0.200 e. The molecule has 0 aliphatic carbocycles. The third kappa shape index (κ3) is 1.96. The Hall–Kier alpha value is -1.29. The summed E-state index contributed by atoms with van der Waals surface area (Å²) in [7, 11) is 0. The highest BCUT2D eigenvalue weighted by atomic mass is 32.1. The predicted octanol–water partition coefficient (Wildman–Crippen LogP) is 2.08. The number of aryl methyl sites for hydroxylation is 3. The first-order chi connectivity index (χ1) is 6.75. The van der Waals surface area contributed by atoms with E-state index in [-0.39, 0.29) is 0 Å². The predicted molar refractivity (Wildman–Crippen MR) is 59.4 cm³/mol. The Labute approximate surface area is 87.2 Å². The number of hydrogen-bond donors (Lipinski definition) is 1. The number of imidazole rings is 1. The van der Waals surface area contributed by atoms with Gasteiger partial charge in [0, 0.05) is 17.6 Å². The molecule has 3 nitrogen and oxygen atoms in total. The zero-order valence-corrected chi connectivity index (χ0v) is 8.92. The molecule has 0 saturated carbocycles. The van der Waals surface area contributed by atoms with Crippen LogP contribution in [0.2, 0.25) is 0 Å². The molecule has 14 heavy (non-hydrogen) atoms. The molecule has 0 radical (unpaired) electrons. The number of nitrogen functional groups attached to an aromatic ring is 1. The monoisotopic (exact) mass is 207 g/mol. The van der Waals surface area contributed by atoms with Crippen molar-refractivity contribution in [2.45, 2.75) is 19.9 Å². The smallest absolute Gasteiger partial charge is 0.200 e. The third-order valence-electron chi connectivity index (χ3n) is 2.11. The largest absolute Gasteiger partial charge is 0.369 e. The highest BCUT2D eigenvalue weighted by Crippen LogP contribution is 2.12. The normalized spacial score (nSPS) is 10.6. The summed E-state index contributed by atoms with van der Waals surface area (Å²) in [5, 5.41) is 2.10. The fourth-order valence-corrected chi connectivity index (χ4v) is 2.13. The Morgan fingerprint density at radius 3 is 3.00 bits per heavy atom. The van der Waals surface area contributed by atoms with Crippen molar-refractivity contribution in [1.29, 1.82) is 0 Å². The second-order valence-electron chi connectivity index (χ2n) is 3.26. The van der Waals surface area contributed by atoms with Crippen LogP contribution in [-0.4, -0.2) is 9.55 Å². The number of rotatable bonds is 3. The number of thiophene rings is 1. The Bertz CT molecular complexity index is 403. The second-order valence-corrected chi connectivity index (χ2v) is 4.30. The van der Waals surface area contributed by atoms with Gasteiger partial charge in [0.05, 0.1) is 5.69 Å². The van der Waals surface area contributed by atoms with Crippen molar-refractivity contribution in [3.8, 4) is 0 Å². The molecule has 4 heteroatoms. The van der Waals surface area contributed by atoms with Crippen LogP contribution in [0.25, 0.3) is 0 Å². The quantitative estimate of drug-likeness (QED) is 0.837. The molecule has 0 bridgehead atoms. The fourth-order valence-electron chi connectivity index (χ4n) is 1.43. The van der Waals surface area contributed by atoms with Gasteiger partial charge in [0.25, 0.3) is 0 Å². The minimum Gasteiger partial charge on any atom is -0.369 e. The first-order valence-corrected chi connectivity index (χ1v) is 5.45. The van der Waals surface area contributed by atoms with Gasteiger partial charge in [-0.25, -0.2) is 4.98 Å². The Morgan fingerprint density at radius 1 is 1.57 bits per heavy atom. The molecule has 2 aromatic rings. The zero-order valence-electron chi connectivity index (χ0n) is 8.10. The number of nitrogens with zero attached hydrogens (tertiary/aromatic N) is 2. The third-order valence-corrected chi connectivity index (χ3v) is 3.04. The van der Waals surface area contributed by atoms with Crippen LogP contribution in [0.3, 0.4) is 0 Å². The summed E-state index contributed by atoms with van der Waals surface area (Å²) in [6, 6.07) is 4.22. The van der Waals surface area contributed by atoms with Gasteiger partial charge in [0.1, 0.15) is 0 Å². The highest BCUT2D eigenvalue weighted by Gasteiger charge is 2.01. The molecule has 0 amide bonds. The summed E-state index contributed by atoms with van der Waals surface area (Å²) in [5.74, 6) is 0.610. The maximum absolute atomic E-state index is 5.74. The first kappa shape index (κ1) is 9.27. The van der Waals surface area contributed by atoms with Crippen LogP contribution < -0.4 is 5.73 Å². The van der Waals surface area contributed by atoms with Crippen LogP contribution in [0.5, 0.6) is 0 Å². The van der Waals surface area contributed by atoms with Gasteiger partial charge in [0.2, 0.25) is 0 Å². The van der Waals surface area contributed by atoms with Crippen LogP contribution in [0.1, 0.15) is 10.6 Å². The Kier molecular flexibility index (Phi) is 2.54. The highest BCUT2D eigenvalue weighted by molar-refractivity contribution is 7.09. The number of aromatic nitrogens is 2. The number of anilines is 1. The second kappa shape index (κ2) is 3.84. The van der Waals surface area contributed by atoms with E-state index in [2.05, 4.69) is 22.5 Å². The van der Waals surface area contributed by atoms with Crippen molar-refractivity contribution >= 4 is 17.3 Å². The lowest BCUT2D eigenvalue weighted by molar-refractivity contribution is 0.711. The zero-order chi connectivity index (χ0) is 9.97. The van der Waals surface area contributed by atoms with Gasteiger partial charge < -0.3 is 10.3 Å². The molecule has 0 saturated heterocycles. The molecule has 0 atom stereocenters. The molecular formula is C10H13N3S. The maximum atomic E-state index is 5.74. The summed E-state index contributed by atoms with van der Waals surface area (Å²) in [4.78, 5) is 5.54. The summed E-state index contributed by atoms with van der Waals surface area (Å²) < 4.78 is 2.00. The fraction of sp³-hybridized carbons (Fsp3) is 0.300. The minimum absolute atomic E-state index is 0.610. The van der Waals surface area contributed by atoms with Gasteiger partial charge in [-0.1, -0.05) is 6.07 Å². The average molecular weight is 207 g/mol. The summed E-state index contributed by atoms with van der Waals surface area (Å²) in [6.07, 6.45) is 3.01. The van der Waals surface area contributed by atoms with Crippen LogP contribution in [0.15, 0.2) is 23.7 Å². The average Bonchev–Trinajstić information content (AvgIpc) is 2.72. The van der Waals surface area contributed by atoms with E-state index in [4.69, 9.17) is 5.73 Å². The summed E-state index contributed by atoms with van der Waals surface area (Å²) >= 11 is 1.78. The van der Waals surface area contributed by atoms with Crippen LogP contribution >= 0.6 is 11.3 Å². The van der Waals surface area contributed by atoms with Gasteiger partial charge in [-0.15, -0.1) is 11.3 Å². The molecule has 0 unspecified atom stereocenters. The van der Waals surface area contributed by atoms with E-state index in [1.54, 1.807) is 11.3 Å². The van der Waals surface area contributed by atoms with Gasteiger partial charge in [0.15, 0.2) is 5.95 Å². The van der Waals surface area contributed by atoms with Crippen LogP contribution in [-0.2, 0) is 13.0 Å². The first-order valence-electron chi connectivity index (χ1n) is 4.57. The lowest BCUT2D eigenvalue weighted by Crippen LogP contribution is -2.03. The van der Waals surface area contributed by atoms with Crippen LogP contribution in [0, 0.1) is 6.92 Å². The summed E-state index contributed by atoms with van der Waals surface area (Å²) in [5.41, 5.74) is 6.72. The van der Waals surface area contributed by atoms with Gasteiger partial charge in [-0.3, -0.25) is 0 Å². The topological polar surface area (TPSA) is 43.8 Å². The van der Waals surface area contributed by atoms with Crippen LogP contribution in [0.4, 0.5) is 5.95 Å². The van der Waals surface area contributed by atoms with Crippen molar-refractivity contribution < 1.29 is 0 Å². The van der Waals surface area contributed by atoms with Crippen molar-refractivity contribution in [1.82, 2.24) is 9.55 Å². The molecule has 0 aliphatic heterocycles. The Morgan fingerprint density at radius 2 is 2.43 bits per heavy atom. The van der Waals surface area contributed by atoms with Crippen molar-refractivity contribution in [2.24, 2.45) is 0 Å².